The van der Waals surface area contributed by atoms with Crippen LogP contribution in [0, 0.1) is 0 Å². The molecule has 0 heterocycles. The normalized spacial score (nSPS) is 10.5. The first-order chi connectivity index (χ1) is 10.1. The van der Waals surface area contributed by atoms with E-state index in [1.165, 1.54) is 12.7 Å². The summed E-state index contributed by atoms with van der Waals surface area (Å²) in [6, 6.07) is 15.4. The van der Waals surface area contributed by atoms with Crippen molar-refractivity contribution >= 4 is 5.97 Å². The van der Waals surface area contributed by atoms with E-state index in [1.807, 2.05) is 0 Å². The van der Waals surface area contributed by atoms with Crippen LogP contribution in [0.2, 0.25) is 0 Å². The van der Waals surface area contributed by atoms with Crippen molar-refractivity contribution in [3.05, 3.63) is 65.2 Å². The van der Waals surface area contributed by atoms with Crippen LogP contribution >= 0.6 is 0 Å². The van der Waals surface area contributed by atoms with E-state index in [2.05, 4.69) is 42.8 Å². The quantitative estimate of drug-likeness (QED) is 0.773. The average molecular weight is 284 g/mol. The Hall–Kier alpha value is -2.29. The highest BCUT2D eigenvalue weighted by Gasteiger charge is 2.05. The van der Waals surface area contributed by atoms with Crippen LogP contribution in [0.5, 0.6) is 5.75 Å². The summed E-state index contributed by atoms with van der Waals surface area (Å²) < 4.78 is 10.4. The molecule has 0 aromatic heterocycles. The SMILES string of the molecule is COC(=O)c1ccc(OCc2ccc(C(C)C)cc2)cc1. The number of hydrogen-bond donors (Lipinski definition) is 0. The Morgan fingerprint density at radius 3 is 2.14 bits per heavy atom. The Kier molecular flexibility index (Phi) is 4.99. The van der Waals surface area contributed by atoms with Crippen LogP contribution in [-0.4, -0.2) is 13.1 Å². The molecule has 0 atom stereocenters. The van der Waals surface area contributed by atoms with E-state index >= 15 is 0 Å². The van der Waals surface area contributed by atoms with Gasteiger partial charge in [0, 0.05) is 0 Å². The molecule has 0 radical (unpaired) electrons. The maximum absolute atomic E-state index is 11.3. The lowest BCUT2D eigenvalue weighted by Crippen LogP contribution is -2.01. The van der Waals surface area contributed by atoms with Crippen molar-refractivity contribution in [1.82, 2.24) is 0 Å². The van der Waals surface area contributed by atoms with Crippen LogP contribution in [0.25, 0.3) is 0 Å². The molecule has 110 valence electrons. The fourth-order valence-electron chi connectivity index (χ4n) is 1.97. The highest BCUT2D eigenvalue weighted by Crippen LogP contribution is 2.17. The van der Waals surface area contributed by atoms with Gasteiger partial charge in [0.2, 0.25) is 0 Å². The van der Waals surface area contributed by atoms with Gasteiger partial charge in [-0.15, -0.1) is 0 Å². The maximum atomic E-state index is 11.3. The average Bonchev–Trinajstić information content (AvgIpc) is 2.53. The number of esters is 1. The van der Waals surface area contributed by atoms with E-state index < -0.39 is 0 Å². The third-order valence-electron chi connectivity index (χ3n) is 3.33. The number of carbonyl (C=O) groups excluding carboxylic acids is 1. The second kappa shape index (κ2) is 6.93. The molecule has 0 aliphatic carbocycles. The molecule has 3 heteroatoms. The molecular weight excluding hydrogens is 264 g/mol. The summed E-state index contributed by atoms with van der Waals surface area (Å²) in [5.41, 5.74) is 2.96. The van der Waals surface area contributed by atoms with Gasteiger partial charge in [-0.05, 0) is 41.3 Å². The highest BCUT2D eigenvalue weighted by atomic mass is 16.5. The molecule has 3 nitrogen and oxygen atoms in total. The summed E-state index contributed by atoms with van der Waals surface area (Å²) in [5, 5.41) is 0. The van der Waals surface area contributed by atoms with E-state index in [0.29, 0.717) is 18.1 Å². The molecule has 0 saturated carbocycles. The van der Waals surface area contributed by atoms with E-state index in [-0.39, 0.29) is 5.97 Å². The lowest BCUT2D eigenvalue weighted by atomic mass is 10.0. The van der Waals surface area contributed by atoms with Gasteiger partial charge in [-0.1, -0.05) is 38.1 Å². The minimum absolute atomic E-state index is 0.342. The van der Waals surface area contributed by atoms with Crippen molar-refractivity contribution in [2.24, 2.45) is 0 Å². The van der Waals surface area contributed by atoms with Gasteiger partial charge < -0.3 is 9.47 Å². The van der Waals surface area contributed by atoms with Gasteiger partial charge in [0.15, 0.2) is 0 Å². The molecule has 21 heavy (non-hydrogen) atoms. The number of ether oxygens (including phenoxy) is 2. The number of hydrogen-bond acceptors (Lipinski definition) is 3. The van der Waals surface area contributed by atoms with Crippen LogP contribution in [0.15, 0.2) is 48.5 Å². The van der Waals surface area contributed by atoms with Gasteiger partial charge in [-0.25, -0.2) is 4.79 Å². The van der Waals surface area contributed by atoms with Crippen molar-refractivity contribution in [2.45, 2.75) is 26.4 Å². The molecule has 2 rings (SSSR count). The zero-order valence-corrected chi connectivity index (χ0v) is 12.6. The van der Waals surface area contributed by atoms with Crippen molar-refractivity contribution in [3.63, 3.8) is 0 Å². The lowest BCUT2D eigenvalue weighted by molar-refractivity contribution is 0.0600. The minimum Gasteiger partial charge on any atom is -0.489 e. The number of carbonyl (C=O) groups is 1. The van der Waals surface area contributed by atoms with Gasteiger partial charge in [0.05, 0.1) is 12.7 Å². The zero-order valence-electron chi connectivity index (χ0n) is 12.6. The first kappa shape index (κ1) is 15.1. The fourth-order valence-corrected chi connectivity index (χ4v) is 1.97. The molecular formula is C18H20O3. The Bertz CT molecular complexity index is 583. The molecule has 0 aliphatic rings. The summed E-state index contributed by atoms with van der Waals surface area (Å²) in [6.07, 6.45) is 0. The molecule has 0 saturated heterocycles. The first-order valence-corrected chi connectivity index (χ1v) is 7.00. The van der Waals surface area contributed by atoms with Gasteiger partial charge in [-0.2, -0.15) is 0 Å². The highest BCUT2D eigenvalue weighted by molar-refractivity contribution is 5.89. The second-order valence-corrected chi connectivity index (χ2v) is 5.20. The largest absolute Gasteiger partial charge is 0.489 e. The van der Waals surface area contributed by atoms with Crippen LogP contribution in [0.4, 0.5) is 0 Å². The van der Waals surface area contributed by atoms with Crippen LogP contribution in [0.1, 0.15) is 41.3 Å². The van der Waals surface area contributed by atoms with E-state index in [4.69, 9.17) is 4.74 Å². The van der Waals surface area contributed by atoms with Crippen molar-refractivity contribution in [2.75, 3.05) is 7.11 Å². The van der Waals surface area contributed by atoms with Gasteiger partial charge in [0.25, 0.3) is 0 Å². The third-order valence-corrected chi connectivity index (χ3v) is 3.33. The minimum atomic E-state index is -0.342. The van der Waals surface area contributed by atoms with Crippen LogP contribution in [0.3, 0.4) is 0 Å². The molecule has 0 bridgehead atoms. The Balaban J connectivity index is 1.95. The predicted molar refractivity (Wildman–Crippen MR) is 82.6 cm³/mol. The number of benzene rings is 2. The Morgan fingerprint density at radius 1 is 1.00 bits per heavy atom. The van der Waals surface area contributed by atoms with Crippen molar-refractivity contribution in [3.8, 4) is 5.75 Å². The maximum Gasteiger partial charge on any atom is 0.337 e. The second-order valence-electron chi connectivity index (χ2n) is 5.20. The monoisotopic (exact) mass is 284 g/mol. The predicted octanol–water partition coefficient (Wildman–Crippen LogP) is 4.18. The molecule has 0 aliphatic heterocycles. The van der Waals surface area contributed by atoms with Crippen molar-refractivity contribution in [1.29, 1.82) is 0 Å². The Labute approximate surface area is 125 Å². The summed E-state index contributed by atoms with van der Waals surface area (Å²) in [4.78, 5) is 11.3. The molecule has 0 amide bonds. The Morgan fingerprint density at radius 2 is 1.62 bits per heavy atom. The zero-order chi connectivity index (χ0) is 15.2. The lowest BCUT2D eigenvalue weighted by Gasteiger charge is -2.09. The van der Waals surface area contributed by atoms with Crippen LogP contribution < -0.4 is 4.74 Å². The molecule has 0 spiro atoms. The molecule has 0 fully saturated rings. The smallest absolute Gasteiger partial charge is 0.337 e. The number of rotatable bonds is 5. The van der Waals surface area contributed by atoms with E-state index in [9.17, 15) is 4.79 Å². The molecule has 2 aromatic carbocycles. The summed E-state index contributed by atoms with van der Waals surface area (Å²) >= 11 is 0. The van der Waals surface area contributed by atoms with Gasteiger partial charge >= 0.3 is 5.97 Å². The third kappa shape index (κ3) is 4.09. The molecule has 0 N–H and O–H groups in total. The summed E-state index contributed by atoms with van der Waals surface area (Å²) in [6.45, 7) is 4.86. The van der Waals surface area contributed by atoms with E-state index in [1.54, 1.807) is 24.3 Å². The standard InChI is InChI=1S/C18H20O3/c1-13(2)15-6-4-14(5-7-15)12-21-17-10-8-16(9-11-17)18(19)20-3/h4-11,13H,12H2,1-3H3. The van der Waals surface area contributed by atoms with Crippen LogP contribution in [-0.2, 0) is 11.3 Å². The topological polar surface area (TPSA) is 35.5 Å². The fraction of sp³-hybridized carbons (Fsp3) is 0.278. The molecule has 0 unspecified atom stereocenters. The first-order valence-electron chi connectivity index (χ1n) is 7.00. The number of methoxy groups -OCH3 is 1. The van der Waals surface area contributed by atoms with E-state index in [0.717, 1.165) is 11.3 Å². The van der Waals surface area contributed by atoms with Gasteiger partial charge in [0.1, 0.15) is 12.4 Å². The molecule has 2 aromatic rings. The van der Waals surface area contributed by atoms with Gasteiger partial charge in [-0.3, -0.25) is 0 Å². The van der Waals surface area contributed by atoms with Crippen molar-refractivity contribution < 1.29 is 14.3 Å². The summed E-state index contributed by atoms with van der Waals surface area (Å²) in [7, 11) is 1.37. The summed E-state index contributed by atoms with van der Waals surface area (Å²) in [5.74, 6) is 0.923.